The largest absolute Gasteiger partial charge is 0.375 e. The Labute approximate surface area is 140 Å². The van der Waals surface area contributed by atoms with Crippen molar-refractivity contribution in [2.75, 3.05) is 32.5 Å². The summed E-state index contributed by atoms with van der Waals surface area (Å²) in [6, 6.07) is 10.2. The Bertz CT molecular complexity index is 524. The lowest BCUT2D eigenvalue weighted by Crippen LogP contribution is -2.50. The number of nitrogens with one attached hydrogen (secondary N) is 1. The summed E-state index contributed by atoms with van der Waals surface area (Å²) in [7, 11) is -0.921. The zero-order valence-corrected chi connectivity index (χ0v) is 14.7. The Kier molecular flexibility index (Phi) is 7.05. The molecule has 1 aromatic rings. The Morgan fingerprint density at radius 3 is 2.87 bits per heavy atom. The molecule has 0 radical (unpaired) electrons. The number of hydrogen-bond donors (Lipinski definition) is 1. The smallest absolute Gasteiger partial charge is 0.317 e. The van der Waals surface area contributed by atoms with Gasteiger partial charge in [-0.3, -0.25) is 4.21 Å². The maximum Gasteiger partial charge on any atom is 0.317 e. The SMILES string of the molecule is C[C@H](CNC(=O)N1CCO[C@H](CCc2ccccc2)C1)[S@](C)=O. The van der Waals surface area contributed by atoms with Crippen LogP contribution in [0.3, 0.4) is 0 Å². The van der Waals surface area contributed by atoms with E-state index >= 15 is 0 Å². The van der Waals surface area contributed by atoms with Crippen LogP contribution in [0, 0.1) is 0 Å². The standard InChI is InChI=1S/C17H26N2O3S/c1-14(23(2)21)12-18-17(20)19-10-11-22-16(13-19)9-8-15-6-4-3-5-7-15/h3-7,14,16H,8-13H2,1-2H3,(H,18,20)/t14-,16-,23+/m1/s1. The Hall–Kier alpha value is -1.40. The molecule has 0 aromatic heterocycles. The normalized spacial score (nSPS) is 20.8. The van der Waals surface area contributed by atoms with Gasteiger partial charge in [-0.25, -0.2) is 4.79 Å². The third-order valence-corrected chi connectivity index (χ3v) is 5.43. The van der Waals surface area contributed by atoms with Gasteiger partial charge in [-0.05, 0) is 25.3 Å². The number of rotatable bonds is 6. The highest BCUT2D eigenvalue weighted by molar-refractivity contribution is 7.84. The van der Waals surface area contributed by atoms with Gasteiger partial charge in [-0.15, -0.1) is 0 Å². The van der Waals surface area contributed by atoms with Crippen molar-refractivity contribution in [1.82, 2.24) is 10.2 Å². The number of hydrogen-bond acceptors (Lipinski definition) is 3. The molecule has 0 aliphatic carbocycles. The highest BCUT2D eigenvalue weighted by Gasteiger charge is 2.24. The summed E-state index contributed by atoms with van der Waals surface area (Å²) in [5.41, 5.74) is 1.29. The molecule has 0 spiro atoms. The molecule has 0 bridgehead atoms. The average Bonchev–Trinajstić information content (AvgIpc) is 2.58. The van der Waals surface area contributed by atoms with E-state index < -0.39 is 10.8 Å². The number of amides is 2. The number of morpholine rings is 1. The average molecular weight is 338 g/mol. The van der Waals surface area contributed by atoms with Crippen molar-refractivity contribution in [3.05, 3.63) is 35.9 Å². The second-order valence-electron chi connectivity index (χ2n) is 5.96. The van der Waals surface area contributed by atoms with E-state index in [0.29, 0.717) is 26.2 Å². The quantitative estimate of drug-likeness (QED) is 0.860. The van der Waals surface area contributed by atoms with E-state index in [0.717, 1.165) is 12.8 Å². The highest BCUT2D eigenvalue weighted by atomic mass is 32.2. The van der Waals surface area contributed by atoms with Crippen LogP contribution in [0.15, 0.2) is 30.3 Å². The van der Waals surface area contributed by atoms with Crippen LogP contribution in [-0.2, 0) is 22.0 Å². The van der Waals surface area contributed by atoms with Crippen LogP contribution < -0.4 is 5.32 Å². The molecule has 1 aliphatic rings. The predicted octanol–water partition coefficient (Wildman–Crippen LogP) is 1.80. The van der Waals surface area contributed by atoms with Crippen molar-refractivity contribution in [1.29, 1.82) is 0 Å². The molecule has 1 aliphatic heterocycles. The first kappa shape index (κ1) is 17.9. The highest BCUT2D eigenvalue weighted by Crippen LogP contribution is 2.12. The topological polar surface area (TPSA) is 58.6 Å². The Morgan fingerprint density at radius 1 is 1.43 bits per heavy atom. The van der Waals surface area contributed by atoms with Crippen LogP contribution in [0.25, 0.3) is 0 Å². The van der Waals surface area contributed by atoms with Crippen molar-refractivity contribution in [2.45, 2.75) is 31.1 Å². The van der Waals surface area contributed by atoms with Crippen LogP contribution in [0.1, 0.15) is 18.9 Å². The molecule has 5 nitrogen and oxygen atoms in total. The summed E-state index contributed by atoms with van der Waals surface area (Å²) in [5, 5.41) is 2.83. The number of nitrogens with zero attached hydrogens (tertiary/aromatic N) is 1. The van der Waals surface area contributed by atoms with Crippen molar-refractivity contribution < 1.29 is 13.7 Å². The summed E-state index contributed by atoms with van der Waals surface area (Å²) in [6.07, 6.45) is 3.59. The molecular weight excluding hydrogens is 312 g/mol. The number of ether oxygens (including phenoxy) is 1. The van der Waals surface area contributed by atoms with E-state index in [-0.39, 0.29) is 17.4 Å². The lowest BCUT2D eigenvalue weighted by atomic mass is 10.1. The first-order chi connectivity index (χ1) is 11.1. The van der Waals surface area contributed by atoms with Gasteiger partial charge in [0, 0.05) is 41.9 Å². The zero-order chi connectivity index (χ0) is 16.7. The molecule has 23 heavy (non-hydrogen) atoms. The van der Waals surface area contributed by atoms with Gasteiger partial charge in [-0.1, -0.05) is 30.3 Å². The summed E-state index contributed by atoms with van der Waals surface area (Å²) >= 11 is 0. The zero-order valence-electron chi connectivity index (χ0n) is 13.9. The monoisotopic (exact) mass is 338 g/mol. The molecule has 1 aromatic carbocycles. The predicted molar refractivity (Wildman–Crippen MR) is 93.0 cm³/mol. The van der Waals surface area contributed by atoms with E-state index in [9.17, 15) is 9.00 Å². The first-order valence-electron chi connectivity index (χ1n) is 8.07. The summed E-state index contributed by atoms with van der Waals surface area (Å²) in [4.78, 5) is 14.0. The van der Waals surface area contributed by atoms with Crippen molar-refractivity contribution >= 4 is 16.8 Å². The molecular formula is C17H26N2O3S. The number of carbonyl (C=O) groups excluding carboxylic acids is 1. The summed E-state index contributed by atoms with van der Waals surface area (Å²) in [5.74, 6) is 0. The van der Waals surface area contributed by atoms with Crippen LogP contribution in [0.2, 0.25) is 0 Å². The van der Waals surface area contributed by atoms with Crippen LogP contribution in [0.5, 0.6) is 0 Å². The third-order valence-electron chi connectivity index (χ3n) is 4.13. The van der Waals surface area contributed by atoms with Gasteiger partial charge in [0.1, 0.15) is 0 Å². The van der Waals surface area contributed by atoms with Crippen LogP contribution >= 0.6 is 0 Å². The minimum absolute atomic E-state index is 0.0335. The second kappa shape index (κ2) is 9.03. The second-order valence-corrected chi connectivity index (χ2v) is 7.76. The number of benzene rings is 1. The maximum absolute atomic E-state index is 12.2. The van der Waals surface area contributed by atoms with E-state index in [1.165, 1.54) is 5.56 Å². The van der Waals surface area contributed by atoms with E-state index in [1.54, 1.807) is 11.2 Å². The molecule has 1 saturated heterocycles. The van der Waals surface area contributed by atoms with Crippen molar-refractivity contribution in [2.24, 2.45) is 0 Å². The molecule has 128 valence electrons. The van der Waals surface area contributed by atoms with Gasteiger partial charge in [0.2, 0.25) is 0 Å². The molecule has 6 heteroatoms. The van der Waals surface area contributed by atoms with Gasteiger partial charge < -0.3 is 15.0 Å². The molecule has 2 amide bonds. The summed E-state index contributed by atoms with van der Waals surface area (Å²) < 4.78 is 17.1. The molecule has 1 fully saturated rings. The minimum atomic E-state index is -0.921. The van der Waals surface area contributed by atoms with Crippen LogP contribution in [-0.4, -0.2) is 59.0 Å². The fourth-order valence-electron chi connectivity index (χ4n) is 2.51. The maximum atomic E-state index is 12.2. The summed E-state index contributed by atoms with van der Waals surface area (Å²) in [6.45, 7) is 4.11. The lowest BCUT2D eigenvalue weighted by Gasteiger charge is -2.33. The van der Waals surface area contributed by atoms with Gasteiger partial charge in [0.15, 0.2) is 0 Å². The van der Waals surface area contributed by atoms with Gasteiger partial charge in [0.05, 0.1) is 12.7 Å². The molecule has 0 unspecified atom stereocenters. The third kappa shape index (κ3) is 5.95. The van der Waals surface area contributed by atoms with E-state index in [1.807, 2.05) is 25.1 Å². The van der Waals surface area contributed by atoms with Crippen LogP contribution in [0.4, 0.5) is 4.79 Å². The molecule has 3 atom stereocenters. The Morgan fingerprint density at radius 2 is 2.17 bits per heavy atom. The molecule has 2 rings (SSSR count). The number of aryl methyl sites for hydroxylation is 1. The van der Waals surface area contributed by atoms with Gasteiger partial charge in [-0.2, -0.15) is 0 Å². The fourth-order valence-corrected chi connectivity index (χ4v) is 2.83. The molecule has 1 heterocycles. The van der Waals surface area contributed by atoms with Crippen molar-refractivity contribution in [3.63, 3.8) is 0 Å². The van der Waals surface area contributed by atoms with E-state index in [4.69, 9.17) is 4.74 Å². The molecule has 0 saturated carbocycles. The first-order valence-corrected chi connectivity index (χ1v) is 9.69. The van der Waals surface area contributed by atoms with Gasteiger partial charge >= 0.3 is 6.03 Å². The molecule has 1 N–H and O–H groups in total. The van der Waals surface area contributed by atoms with Crippen molar-refractivity contribution in [3.8, 4) is 0 Å². The Balaban J connectivity index is 1.76. The lowest BCUT2D eigenvalue weighted by molar-refractivity contribution is -0.0175. The number of carbonyl (C=O) groups is 1. The van der Waals surface area contributed by atoms with Gasteiger partial charge in [0.25, 0.3) is 0 Å². The fraction of sp³-hybridized carbons (Fsp3) is 0.588. The number of urea groups is 1. The minimum Gasteiger partial charge on any atom is -0.375 e. The van der Waals surface area contributed by atoms with E-state index in [2.05, 4.69) is 17.4 Å².